The second kappa shape index (κ2) is 7.11. The van der Waals surface area contributed by atoms with Gasteiger partial charge in [0.15, 0.2) is 19.7 Å². The van der Waals surface area contributed by atoms with Gasteiger partial charge in [0.05, 0.1) is 27.9 Å². The number of nitrogens with zero attached hydrogens (tertiary/aromatic N) is 1. The molecule has 0 bridgehead atoms. The Bertz CT molecular complexity index is 992. The zero-order valence-corrected chi connectivity index (χ0v) is 19.1. The molecule has 0 unspecified atom stereocenters. The molecule has 0 aliphatic carbocycles. The minimum Gasteiger partial charge on any atom is -0.229 e. The summed E-state index contributed by atoms with van der Waals surface area (Å²) >= 11 is 6.48. The Morgan fingerprint density at radius 1 is 0.923 bits per heavy atom. The van der Waals surface area contributed by atoms with Crippen molar-refractivity contribution in [2.24, 2.45) is 0 Å². The Hall–Kier alpha value is -0.0100. The third-order valence-corrected chi connectivity index (χ3v) is 11.6. The number of hydrogen-bond acceptors (Lipinski definition) is 6. The molecule has 2 heterocycles. The van der Waals surface area contributed by atoms with E-state index in [1.165, 1.54) is 6.07 Å². The van der Waals surface area contributed by atoms with Gasteiger partial charge in [-0.3, -0.25) is 0 Å². The lowest BCUT2D eigenvalue weighted by Crippen LogP contribution is -2.48. The maximum absolute atomic E-state index is 13.4. The first-order chi connectivity index (χ1) is 11.9. The van der Waals surface area contributed by atoms with Crippen molar-refractivity contribution in [3.63, 3.8) is 0 Å². The van der Waals surface area contributed by atoms with Gasteiger partial charge in [-0.05, 0) is 47.0 Å². The molecule has 7 nitrogen and oxygen atoms in total. The van der Waals surface area contributed by atoms with Crippen LogP contribution in [0.15, 0.2) is 32.0 Å². The summed E-state index contributed by atoms with van der Waals surface area (Å²) in [5.41, 5.74) is 0. The quantitative estimate of drug-likeness (QED) is 0.563. The van der Waals surface area contributed by atoms with Crippen LogP contribution >= 0.6 is 31.9 Å². The van der Waals surface area contributed by atoms with E-state index in [4.69, 9.17) is 0 Å². The van der Waals surface area contributed by atoms with Crippen molar-refractivity contribution in [3.8, 4) is 0 Å². The summed E-state index contributed by atoms with van der Waals surface area (Å²) in [6, 6.07) is 3.17. The molecule has 2 atom stereocenters. The van der Waals surface area contributed by atoms with E-state index in [-0.39, 0.29) is 40.7 Å². The molecule has 0 aromatic heterocycles. The molecule has 2 aliphatic heterocycles. The Morgan fingerprint density at radius 2 is 1.42 bits per heavy atom. The fraction of sp³-hybridized carbons (Fsp3) is 0.571. The molecule has 0 N–H and O–H groups in total. The molecule has 0 radical (unpaired) electrons. The number of sulfonamides is 1. The summed E-state index contributed by atoms with van der Waals surface area (Å²) in [5.74, 6) is -0.756. The highest BCUT2D eigenvalue weighted by molar-refractivity contribution is 9.11. The summed E-state index contributed by atoms with van der Waals surface area (Å²) in [5, 5.41) is 0. The lowest BCUT2D eigenvalue weighted by atomic mass is 10.2. The van der Waals surface area contributed by atoms with E-state index in [0.717, 1.165) is 4.31 Å². The predicted molar refractivity (Wildman–Crippen MR) is 105 cm³/mol. The number of rotatable bonds is 4. The SMILES string of the molecule is O=S1(=O)CC[C@@H](N([C@H]2CCS(=O)(=O)C2)S(=O)(=O)c2cc(Br)ccc2Br)C1. The highest BCUT2D eigenvalue weighted by atomic mass is 79.9. The molecule has 1 aromatic rings. The van der Waals surface area contributed by atoms with Gasteiger partial charge in [-0.2, -0.15) is 4.31 Å². The third kappa shape index (κ3) is 4.19. The Labute approximate surface area is 170 Å². The standard InChI is InChI=1S/C14H17Br2NO6S3/c15-10-1-2-13(16)14(7-10)26(22,23)17(11-3-5-24(18,19)8-11)12-4-6-25(20,21)9-12/h1-2,7,11-12H,3-6,8-9H2/t11-,12+. The fourth-order valence-corrected chi connectivity index (χ4v) is 10.4. The van der Waals surface area contributed by atoms with E-state index < -0.39 is 41.8 Å². The number of benzene rings is 1. The minimum absolute atomic E-state index is 0.0135. The van der Waals surface area contributed by atoms with E-state index >= 15 is 0 Å². The van der Waals surface area contributed by atoms with Gasteiger partial charge in [-0.1, -0.05) is 15.9 Å². The Balaban J connectivity index is 2.09. The molecule has 2 saturated heterocycles. The average molecular weight is 551 g/mol. The minimum atomic E-state index is -4.09. The topological polar surface area (TPSA) is 106 Å². The molecule has 146 valence electrons. The normalized spacial score (nSPS) is 27.8. The zero-order valence-electron chi connectivity index (χ0n) is 13.5. The van der Waals surface area contributed by atoms with Crippen LogP contribution in [0.5, 0.6) is 0 Å². The van der Waals surface area contributed by atoms with Gasteiger partial charge in [0.25, 0.3) is 0 Å². The highest BCUT2D eigenvalue weighted by Crippen LogP contribution is 2.35. The van der Waals surface area contributed by atoms with Crippen molar-refractivity contribution in [1.29, 1.82) is 0 Å². The lowest BCUT2D eigenvalue weighted by Gasteiger charge is -2.32. The van der Waals surface area contributed by atoms with Gasteiger partial charge in [0.2, 0.25) is 10.0 Å². The van der Waals surface area contributed by atoms with Crippen molar-refractivity contribution >= 4 is 61.6 Å². The highest BCUT2D eigenvalue weighted by Gasteiger charge is 2.46. The van der Waals surface area contributed by atoms with Crippen molar-refractivity contribution in [2.75, 3.05) is 23.0 Å². The first-order valence-corrected chi connectivity index (χ1v) is 14.5. The van der Waals surface area contributed by atoms with Gasteiger partial charge < -0.3 is 0 Å². The largest absolute Gasteiger partial charge is 0.244 e. The van der Waals surface area contributed by atoms with Crippen LogP contribution in [-0.2, 0) is 29.7 Å². The lowest BCUT2D eigenvalue weighted by molar-refractivity contribution is 0.280. The molecule has 0 amide bonds. The monoisotopic (exact) mass is 549 g/mol. The van der Waals surface area contributed by atoms with Gasteiger partial charge in [0, 0.05) is 21.0 Å². The smallest absolute Gasteiger partial charge is 0.229 e. The van der Waals surface area contributed by atoms with E-state index in [1.807, 2.05) is 0 Å². The van der Waals surface area contributed by atoms with Crippen LogP contribution in [-0.4, -0.2) is 64.7 Å². The van der Waals surface area contributed by atoms with Crippen LogP contribution in [0.4, 0.5) is 0 Å². The number of hydrogen-bond donors (Lipinski definition) is 0. The fourth-order valence-electron chi connectivity index (χ4n) is 3.43. The van der Waals surface area contributed by atoms with Gasteiger partial charge >= 0.3 is 0 Å². The van der Waals surface area contributed by atoms with E-state index in [0.29, 0.717) is 8.95 Å². The molecule has 2 fully saturated rings. The van der Waals surface area contributed by atoms with Gasteiger partial charge in [-0.25, -0.2) is 25.3 Å². The van der Waals surface area contributed by atoms with Crippen LogP contribution in [0.2, 0.25) is 0 Å². The van der Waals surface area contributed by atoms with Gasteiger partial charge in [0.1, 0.15) is 0 Å². The number of halogens is 2. The van der Waals surface area contributed by atoms with Crippen molar-refractivity contribution in [3.05, 3.63) is 27.1 Å². The summed E-state index contributed by atoms with van der Waals surface area (Å²) in [7, 11) is -10.8. The summed E-state index contributed by atoms with van der Waals surface area (Å²) in [6.07, 6.45) is 0.341. The first-order valence-electron chi connectivity index (χ1n) is 7.81. The van der Waals surface area contributed by atoms with E-state index in [9.17, 15) is 25.3 Å². The molecular formula is C14H17Br2NO6S3. The Morgan fingerprint density at radius 3 is 1.85 bits per heavy atom. The van der Waals surface area contributed by atoms with Crippen LogP contribution < -0.4 is 0 Å². The number of sulfone groups is 2. The summed E-state index contributed by atoms with van der Waals surface area (Å²) < 4.78 is 76.5. The second-order valence-electron chi connectivity index (χ2n) is 6.52. The van der Waals surface area contributed by atoms with Crippen molar-refractivity contribution < 1.29 is 25.3 Å². The van der Waals surface area contributed by atoms with Crippen molar-refractivity contribution in [2.45, 2.75) is 29.8 Å². The van der Waals surface area contributed by atoms with E-state index in [1.54, 1.807) is 12.1 Å². The first kappa shape index (κ1) is 20.7. The molecule has 26 heavy (non-hydrogen) atoms. The molecule has 1 aromatic carbocycles. The van der Waals surface area contributed by atoms with Gasteiger partial charge in [-0.15, -0.1) is 0 Å². The van der Waals surface area contributed by atoms with Crippen LogP contribution in [0, 0.1) is 0 Å². The molecular weight excluding hydrogens is 534 g/mol. The predicted octanol–water partition coefficient (Wildman–Crippen LogP) is 1.58. The average Bonchev–Trinajstić information content (AvgIpc) is 3.03. The molecule has 3 rings (SSSR count). The van der Waals surface area contributed by atoms with E-state index in [2.05, 4.69) is 31.9 Å². The molecule has 0 spiro atoms. The Kier molecular flexibility index (Phi) is 5.66. The third-order valence-electron chi connectivity index (χ3n) is 4.59. The van der Waals surface area contributed by atoms with Crippen LogP contribution in [0.1, 0.15) is 12.8 Å². The molecule has 12 heteroatoms. The molecule has 0 saturated carbocycles. The van der Waals surface area contributed by atoms with Crippen molar-refractivity contribution in [1.82, 2.24) is 4.31 Å². The summed E-state index contributed by atoms with van der Waals surface area (Å²) in [4.78, 5) is -0.0135. The second-order valence-corrected chi connectivity index (χ2v) is 14.6. The summed E-state index contributed by atoms with van der Waals surface area (Å²) in [6.45, 7) is 0. The molecule has 2 aliphatic rings. The van der Waals surface area contributed by atoms with Crippen LogP contribution in [0.25, 0.3) is 0 Å². The van der Waals surface area contributed by atoms with Crippen LogP contribution in [0.3, 0.4) is 0 Å². The zero-order chi connectivity index (χ0) is 19.3. The maximum Gasteiger partial charge on any atom is 0.244 e. The maximum atomic E-state index is 13.4.